The molecule has 0 bridgehead atoms. The van der Waals surface area contributed by atoms with Crippen LogP contribution in [0.2, 0.25) is 0 Å². The number of hydrogen-bond acceptors (Lipinski definition) is 5. The van der Waals surface area contributed by atoms with Gasteiger partial charge >= 0.3 is 0 Å². The lowest BCUT2D eigenvalue weighted by molar-refractivity contribution is 0.282. The van der Waals surface area contributed by atoms with Crippen LogP contribution in [0.3, 0.4) is 0 Å². The molecule has 2 aromatic rings. The SMILES string of the molecule is CCc1nc(COc2ccc(C)cc2CCN)no1. The quantitative estimate of drug-likeness (QED) is 0.861. The normalized spacial score (nSPS) is 10.7. The molecule has 0 aliphatic heterocycles. The first-order valence-electron chi connectivity index (χ1n) is 6.46. The largest absolute Gasteiger partial charge is 0.485 e. The molecular formula is C14H19N3O2. The van der Waals surface area contributed by atoms with Crippen LogP contribution in [-0.4, -0.2) is 16.7 Å². The number of nitrogens with zero attached hydrogens (tertiary/aromatic N) is 2. The average molecular weight is 261 g/mol. The average Bonchev–Trinajstić information content (AvgIpc) is 2.86. The minimum atomic E-state index is 0.310. The van der Waals surface area contributed by atoms with Crippen molar-refractivity contribution in [2.75, 3.05) is 6.54 Å². The summed E-state index contributed by atoms with van der Waals surface area (Å²) in [4.78, 5) is 4.21. The molecule has 0 aliphatic rings. The van der Waals surface area contributed by atoms with Gasteiger partial charge in [0, 0.05) is 6.42 Å². The lowest BCUT2D eigenvalue weighted by Gasteiger charge is -2.10. The van der Waals surface area contributed by atoms with Gasteiger partial charge in [0.2, 0.25) is 11.7 Å². The van der Waals surface area contributed by atoms with E-state index in [1.54, 1.807) is 0 Å². The predicted molar refractivity (Wildman–Crippen MR) is 71.9 cm³/mol. The highest BCUT2D eigenvalue weighted by atomic mass is 16.5. The van der Waals surface area contributed by atoms with Crippen molar-refractivity contribution in [1.29, 1.82) is 0 Å². The fourth-order valence-electron chi connectivity index (χ4n) is 1.83. The summed E-state index contributed by atoms with van der Waals surface area (Å²) in [6.45, 7) is 4.93. The van der Waals surface area contributed by atoms with E-state index in [0.29, 0.717) is 24.9 Å². The van der Waals surface area contributed by atoms with Gasteiger partial charge in [-0.2, -0.15) is 4.98 Å². The van der Waals surface area contributed by atoms with Crippen molar-refractivity contribution in [3.05, 3.63) is 41.0 Å². The van der Waals surface area contributed by atoms with Crippen LogP contribution in [0.4, 0.5) is 0 Å². The minimum Gasteiger partial charge on any atom is -0.485 e. The molecule has 0 saturated heterocycles. The Morgan fingerprint density at radius 2 is 2.21 bits per heavy atom. The number of aromatic nitrogens is 2. The molecule has 0 unspecified atom stereocenters. The van der Waals surface area contributed by atoms with Crippen LogP contribution in [0.15, 0.2) is 22.7 Å². The highest BCUT2D eigenvalue weighted by Gasteiger charge is 2.08. The Hall–Kier alpha value is -1.88. The summed E-state index contributed by atoms with van der Waals surface area (Å²) < 4.78 is 10.8. The number of rotatable bonds is 6. The van der Waals surface area contributed by atoms with Gasteiger partial charge in [0.1, 0.15) is 5.75 Å². The highest BCUT2D eigenvalue weighted by molar-refractivity contribution is 5.37. The van der Waals surface area contributed by atoms with Gasteiger partial charge in [-0.25, -0.2) is 0 Å². The van der Waals surface area contributed by atoms with Gasteiger partial charge in [-0.3, -0.25) is 0 Å². The van der Waals surface area contributed by atoms with E-state index in [1.165, 1.54) is 5.56 Å². The van der Waals surface area contributed by atoms with Crippen LogP contribution in [0, 0.1) is 6.92 Å². The van der Waals surface area contributed by atoms with Gasteiger partial charge < -0.3 is 15.0 Å². The third-order valence-corrected chi connectivity index (χ3v) is 2.80. The molecule has 19 heavy (non-hydrogen) atoms. The standard InChI is InChI=1S/C14H19N3O2/c1-3-14-16-13(17-19-14)9-18-12-5-4-10(2)8-11(12)6-7-15/h4-5,8H,3,6-7,9,15H2,1-2H3. The number of ether oxygens (including phenoxy) is 1. The second-order valence-electron chi connectivity index (χ2n) is 4.40. The van der Waals surface area contributed by atoms with Gasteiger partial charge in [-0.05, 0) is 31.5 Å². The molecule has 102 valence electrons. The second-order valence-corrected chi connectivity index (χ2v) is 4.40. The highest BCUT2D eigenvalue weighted by Crippen LogP contribution is 2.21. The number of benzene rings is 1. The summed E-state index contributed by atoms with van der Waals surface area (Å²) in [6, 6.07) is 6.07. The van der Waals surface area contributed by atoms with Gasteiger partial charge in [0.25, 0.3) is 0 Å². The predicted octanol–water partition coefficient (Wildman–Crippen LogP) is 2.02. The van der Waals surface area contributed by atoms with Crippen molar-refractivity contribution in [2.24, 2.45) is 5.73 Å². The Morgan fingerprint density at radius 3 is 2.89 bits per heavy atom. The zero-order valence-corrected chi connectivity index (χ0v) is 11.3. The van der Waals surface area contributed by atoms with Crippen molar-refractivity contribution in [1.82, 2.24) is 10.1 Å². The molecule has 1 aromatic heterocycles. The van der Waals surface area contributed by atoms with Crippen molar-refractivity contribution in [3.63, 3.8) is 0 Å². The Morgan fingerprint density at radius 1 is 1.37 bits per heavy atom. The van der Waals surface area contributed by atoms with E-state index in [1.807, 2.05) is 19.1 Å². The maximum Gasteiger partial charge on any atom is 0.226 e. The van der Waals surface area contributed by atoms with Crippen LogP contribution in [-0.2, 0) is 19.4 Å². The van der Waals surface area contributed by atoms with E-state index < -0.39 is 0 Å². The summed E-state index contributed by atoms with van der Waals surface area (Å²) in [7, 11) is 0. The van der Waals surface area contributed by atoms with E-state index in [4.69, 9.17) is 15.0 Å². The third kappa shape index (κ3) is 3.54. The molecule has 0 radical (unpaired) electrons. The molecule has 2 N–H and O–H groups in total. The monoisotopic (exact) mass is 261 g/mol. The molecule has 0 fully saturated rings. The molecule has 0 spiro atoms. The van der Waals surface area contributed by atoms with E-state index in [9.17, 15) is 0 Å². The summed E-state index contributed by atoms with van der Waals surface area (Å²) in [5.41, 5.74) is 7.92. The molecule has 0 aliphatic carbocycles. The van der Waals surface area contributed by atoms with E-state index in [2.05, 4.69) is 23.1 Å². The fraction of sp³-hybridized carbons (Fsp3) is 0.429. The Bertz CT molecular complexity index is 537. The molecule has 5 heteroatoms. The minimum absolute atomic E-state index is 0.310. The molecule has 1 aromatic carbocycles. The third-order valence-electron chi connectivity index (χ3n) is 2.80. The van der Waals surface area contributed by atoms with E-state index >= 15 is 0 Å². The summed E-state index contributed by atoms with van der Waals surface area (Å²) >= 11 is 0. The molecule has 2 rings (SSSR count). The number of hydrogen-bond donors (Lipinski definition) is 1. The first-order chi connectivity index (χ1) is 9.22. The summed E-state index contributed by atoms with van der Waals surface area (Å²) in [5, 5.41) is 3.86. The van der Waals surface area contributed by atoms with Crippen molar-refractivity contribution in [3.8, 4) is 5.75 Å². The molecule has 1 heterocycles. The van der Waals surface area contributed by atoms with Crippen LogP contribution in [0.25, 0.3) is 0 Å². The molecule has 0 saturated carbocycles. The number of aryl methyl sites for hydroxylation is 2. The molecular weight excluding hydrogens is 242 g/mol. The van der Waals surface area contributed by atoms with Gasteiger partial charge in [-0.1, -0.05) is 29.8 Å². The van der Waals surface area contributed by atoms with Crippen molar-refractivity contribution in [2.45, 2.75) is 33.3 Å². The van der Waals surface area contributed by atoms with Crippen molar-refractivity contribution < 1.29 is 9.26 Å². The van der Waals surface area contributed by atoms with Crippen LogP contribution in [0.5, 0.6) is 5.75 Å². The summed E-state index contributed by atoms with van der Waals surface area (Å²) in [5.74, 6) is 2.03. The Kier molecular flexibility index (Phi) is 4.52. The first kappa shape index (κ1) is 13.5. The molecule has 5 nitrogen and oxygen atoms in total. The van der Waals surface area contributed by atoms with Crippen LogP contribution < -0.4 is 10.5 Å². The van der Waals surface area contributed by atoms with E-state index in [0.717, 1.165) is 24.2 Å². The number of nitrogens with two attached hydrogens (primary N) is 1. The van der Waals surface area contributed by atoms with Gasteiger partial charge in [0.15, 0.2) is 6.61 Å². The zero-order chi connectivity index (χ0) is 13.7. The Balaban J connectivity index is 2.05. The lowest BCUT2D eigenvalue weighted by Crippen LogP contribution is -2.06. The summed E-state index contributed by atoms with van der Waals surface area (Å²) in [6.07, 6.45) is 1.53. The first-order valence-corrected chi connectivity index (χ1v) is 6.46. The topological polar surface area (TPSA) is 74.2 Å². The van der Waals surface area contributed by atoms with Crippen molar-refractivity contribution >= 4 is 0 Å². The second kappa shape index (κ2) is 6.33. The maximum absolute atomic E-state index is 5.75. The Labute approximate surface area is 112 Å². The smallest absolute Gasteiger partial charge is 0.226 e. The maximum atomic E-state index is 5.75. The van der Waals surface area contributed by atoms with Gasteiger partial charge in [0.05, 0.1) is 0 Å². The molecule has 0 atom stereocenters. The fourth-order valence-corrected chi connectivity index (χ4v) is 1.83. The lowest BCUT2D eigenvalue weighted by atomic mass is 10.1. The van der Waals surface area contributed by atoms with Crippen LogP contribution >= 0.6 is 0 Å². The zero-order valence-electron chi connectivity index (χ0n) is 11.3. The van der Waals surface area contributed by atoms with Gasteiger partial charge in [-0.15, -0.1) is 0 Å². The van der Waals surface area contributed by atoms with Crippen LogP contribution in [0.1, 0.15) is 29.8 Å². The van der Waals surface area contributed by atoms with E-state index in [-0.39, 0.29) is 0 Å². The molecule has 0 amide bonds.